The molecule has 1 amide bonds. The van der Waals surface area contributed by atoms with Gasteiger partial charge in [0.25, 0.3) is 0 Å². The van der Waals surface area contributed by atoms with Crippen molar-refractivity contribution < 1.29 is 9.90 Å². The Morgan fingerprint density at radius 3 is 2.67 bits per heavy atom. The van der Waals surface area contributed by atoms with E-state index < -0.39 is 5.60 Å². The molecule has 1 aliphatic carbocycles. The lowest BCUT2D eigenvalue weighted by Gasteiger charge is -2.45. The molecule has 2 fully saturated rings. The number of carbonyl (C=O) groups is 1. The van der Waals surface area contributed by atoms with E-state index in [1.54, 1.807) is 6.07 Å². The first kappa shape index (κ1) is 20.3. The van der Waals surface area contributed by atoms with Crippen LogP contribution in [0.15, 0.2) is 24.3 Å². The lowest BCUT2D eigenvalue weighted by Crippen LogP contribution is -2.47. The van der Waals surface area contributed by atoms with Gasteiger partial charge in [-0.2, -0.15) is 0 Å². The van der Waals surface area contributed by atoms with E-state index in [2.05, 4.69) is 24.8 Å². The molecular formula is C23H36N2O2. The second-order valence-corrected chi connectivity index (χ2v) is 9.20. The SMILES string of the molecule is C[C@H]1CN(CCCC2(O)CCCCC2)CC[C@]1(C)c1cccc(C(N)=O)c1. The topological polar surface area (TPSA) is 66.6 Å². The van der Waals surface area contributed by atoms with Crippen LogP contribution >= 0.6 is 0 Å². The molecule has 0 spiro atoms. The van der Waals surface area contributed by atoms with E-state index in [4.69, 9.17) is 5.73 Å². The fraction of sp³-hybridized carbons (Fsp3) is 0.696. The summed E-state index contributed by atoms with van der Waals surface area (Å²) in [6.07, 6.45) is 8.71. The highest BCUT2D eigenvalue weighted by Gasteiger charge is 2.38. The van der Waals surface area contributed by atoms with Gasteiger partial charge < -0.3 is 15.7 Å². The molecule has 0 bridgehead atoms. The average Bonchev–Trinajstić information content (AvgIpc) is 2.65. The van der Waals surface area contributed by atoms with E-state index in [-0.39, 0.29) is 11.3 Å². The predicted octanol–water partition coefficient (Wildman–Crippen LogP) is 3.86. The molecule has 1 aromatic rings. The molecule has 4 nitrogen and oxygen atoms in total. The zero-order valence-electron chi connectivity index (χ0n) is 17.0. The van der Waals surface area contributed by atoms with Crippen molar-refractivity contribution in [2.45, 2.75) is 76.2 Å². The van der Waals surface area contributed by atoms with Gasteiger partial charge in [0.1, 0.15) is 0 Å². The van der Waals surface area contributed by atoms with Crippen molar-refractivity contribution in [1.29, 1.82) is 0 Å². The number of benzene rings is 1. The molecule has 2 aliphatic rings. The van der Waals surface area contributed by atoms with Crippen LogP contribution in [0.4, 0.5) is 0 Å². The van der Waals surface area contributed by atoms with E-state index in [9.17, 15) is 9.90 Å². The summed E-state index contributed by atoms with van der Waals surface area (Å²) in [4.78, 5) is 14.1. The van der Waals surface area contributed by atoms with Crippen molar-refractivity contribution in [3.05, 3.63) is 35.4 Å². The van der Waals surface area contributed by atoms with Gasteiger partial charge in [0.15, 0.2) is 0 Å². The van der Waals surface area contributed by atoms with E-state index in [0.717, 1.165) is 51.7 Å². The number of piperidine rings is 1. The minimum absolute atomic E-state index is 0.0729. The highest BCUT2D eigenvalue weighted by molar-refractivity contribution is 5.92. The summed E-state index contributed by atoms with van der Waals surface area (Å²) in [7, 11) is 0. The third-order valence-electron chi connectivity index (χ3n) is 7.27. The maximum atomic E-state index is 11.5. The maximum absolute atomic E-state index is 11.5. The number of likely N-dealkylation sites (tertiary alicyclic amines) is 1. The minimum atomic E-state index is -0.399. The second-order valence-electron chi connectivity index (χ2n) is 9.20. The minimum Gasteiger partial charge on any atom is -0.390 e. The Labute approximate surface area is 164 Å². The highest BCUT2D eigenvalue weighted by atomic mass is 16.3. The quantitative estimate of drug-likeness (QED) is 0.797. The van der Waals surface area contributed by atoms with Crippen LogP contribution in [0.5, 0.6) is 0 Å². The van der Waals surface area contributed by atoms with E-state index in [1.165, 1.54) is 24.8 Å². The van der Waals surface area contributed by atoms with Gasteiger partial charge in [-0.05, 0) is 74.2 Å². The van der Waals surface area contributed by atoms with Gasteiger partial charge in [-0.3, -0.25) is 4.79 Å². The largest absolute Gasteiger partial charge is 0.390 e. The van der Waals surface area contributed by atoms with Crippen LogP contribution in [0.1, 0.15) is 81.1 Å². The van der Waals surface area contributed by atoms with Crippen LogP contribution in [-0.2, 0) is 5.41 Å². The second kappa shape index (κ2) is 8.32. The molecule has 1 aliphatic heterocycles. The van der Waals surface area contributed by atoms with Crippen molar-refractivity contribution in [3.8, 4) is 0 Å². The number of aliphatic hydroxyl groups is 1. The number of rotatable bonds is 6. The van der Waals surface area contributed by atoms with E-state index in [0.29, 0.717) is 11.5 Å². The van der Waals surface area contributed by atoms with Gasteiger partial charge in [-0.15, -0.1) is 0 Å². The Hall–Kier alpha value is -1.39. The van der Waals surface area contributed by atoms with Crippen LogP contribution in [0, 0.1) is 5.92 Å². The van der Waals surface area contributed by atoms with Crippen LogP contribution in [0.25, 0.3) is 0 Å². The van der Waals surface area contributed by atoms with Gasteiger partial charge in [0.2, 0.25) is 5.91 Å². The van der Waals surface area contributed by atoms with Crippen LogP contribution < -0.4 is 5.73 Å². The zero-order valence-corrected chi connectivity index (χ0v) is 17.0. The number of amides is 1. The number of nitrogens with zero attached hydrogens (tertiary/aromatic N) is 1. The molecule has 4 heteroatoms. The third-order valence-corrected chi connectivity index (χ3v) is 7.27. The van der Waals surface area contributed by atoms with E-state index >= 15 is 0 Å². The number of hydrogen-bond acceptors (Lipinski definition) is 3. The number of nitrogens with two attached hydrogens (primary N) is 1. The Kier molecular flexibility index (Phi) is 6.27. The molecule has 1 saturated heterocycles. The van der Waals surface area contributed by atoms with Crippen molar-refractivity contribution >= 4 is 5.91 Å². The summed E-state index contributed by atoms with van der Waals surface area (Å²) in [6.45, 7) is 7.84. The monoisotopic (exact) mass is 372 g/mol. The lowest BCUT2D eigenvalue weighted by atomic mass is 9.67. The lowest BCUT2D eigenvalue weighted by molar-refractivity contribution is -0.00895. The Morgan fingerprint density at radius 1 is 1.26 bits per heavy atom. The first-order valence-electron chi connectivity index (χ1n) is 10.7. The van der Waals surface area contributed by atoms with Crippen LogP contribution in [0.2, 0.25) is 0 Å². The molecule has 1 heterocycles. The van der Waals surface area contributed by atoms with Crippen molar-refractivity contribution in [1.82, 2.24) is 4.90 Å². The van der Waals surface area contributed by atoms with Crippen molar-refractivity contribution in [2.24, 2.45) is 11.7 Å². The number of primary amides is 1. The first-order chi connectivity index (χ1) is 12.8. The predicted molar refractivity (Wildman–Crippen MR) is 110 cm³/mol. The average molecular weight is 373 g/mol. The summed E-state index contributed by atoms with van der Waals surface area (Å²) in [5.41, 5.74) is 6.97. The third kappa shape index (κ3) is 4.72. The normalized spacial score (nSPS) is 28.8. The number of hydrogen-bond donors (Lipinski definition) is 2. The summed E-state index contributed by atoms with van der Waals surface area (Å²) >= 11 is 0. The standard InChI is InChI=1S/C23H36N2O2/c1-18-17-25(14-7-12-23(27)10-4-3-5-11-23)15-13-22(18,2)20-9-6-8-19(16-20)21(24)26/h6,8-9,16,18,27H,3-5,7,10-15,17H2,1-2H3,(H2,24,26)/t18-,22-/m0/s1. The van der Waals surface area contributed by atoms with Gasteiger partial charge in [0.05, 0.1) is 5.60 Å². The Morgan fingerprint density at radius 2 is 2.00 bits per heavy atom. The summed E-state index contributed by atoms with van der Waals surface area (Å²) < 4.78 is 0. The molecule has 27 heavy (non-hydrogen) atoms. The summed E-state index contributed by atoms with van der Waals surface area (Å²) in [6, 6.07) is 7.86. The molecule has 1 saturated carbocycles. The summed E-state index contributed by atoms with van der Waals surface area (Å²) in [5.74, 6) is 0.151. The summed E-state index contributed by atoms with van der Waals surface area (Å²) in [5, 5.41) is 10.7. The molecule has 0 radical (unpaired) electrons. The van der Waals surface area contributed by atoms with E-state index in [1.807, 2.05) is 12.1 Å². The molecule has 3 N–H and O–H groups in total. The van der Waals surface area contributed by atoms with Gasteiger partial charge in [-0.1, -0.05) is 45.2 Å². The number of carbonyl (C=O) groups excluding carboxylic acids is 1. The van der Waals surface area contributed by atoms with Gasteiger partial charge in [0, 0.05) is 12.1 Å². The fourth-order valence-electron chi connectivity index (χ4n) is 5.07. The molecule has 1 aromatic carbocycles. The van der Waals surface area contributed by atoms with Crippen molar-refractivity contribution in [3.63, 3.8) is 0 Å². The maximum Gasteiger partial charge on any atom is 0.248 e. The van der Waals surface area contributed by atoms with Gasteiger partial charge >= 0.3 is 0 Å². The van der Waals surface area contributed by atoms with Crippen LogP contribution in [-0.4, -0.2) is 41.1 Å². The van der Waals surface area contributed by atoms with Crippen LogP contribution in [0.3, 0.4) is 0 Å². The molecule has 0 unspecified atom stereocenters. The smallest absolute Gasteiger partial charge is 0.248 e. The van der Waals surface area contributed by atoms with Crippen molar-refractivity contribution in [2.75, 3.05) is 19.6 Å². The van der Waals surface area contributed by atoms with Gasteiger partial charge in [-0.25, -0.2) is 0 Å². The molecule has 3 rings (SSSR count). The molecule has 150 valence electrons. The molecule has 0 aromatic heterocycles. The Balaban J connectivity index is 1.55. The fourth-order valence-corrected chi connectivity index (χ4v) is 5.07. The first-order valence-corrected chi connectivity index (χ1v) is 10.7. The zero-order chi connectivity index (χ0) is 19.5. The highest BCUT2D eigenvalue weighted by Crippen LogP contribution is 2.40. The Bertz CT molecular complexity index is 654. The molecule has 2 atom stereocenters. The molecular weight excluding hydrogens is 336 g/mol.